The van der Waals surface area contributed by atoms with Gasteiger partial charge in [-0.15, -0.1) is 0 Å². The minimum absolute atomic E-state index is 0.155. The van der Waals surface area contributed by atoms with Crippen LogP contribution in [0, 0.1) is 0 Å². The van der Waals surface area contributed by atoms with Gasteiger partial charge in [0.1, 0.15) is 0 Å². The van der Waals surface area contributed by atoms with Crippen molar-refractivity contribution in [2.24, 2.45) is 0 Å². The summed E-state index contributed by atoms with van der Waals surface area (Å²) >= 11 is 3.38. The van der Waals surface area contributed by atoms with Gasteiger partial charge in [-0.1, -0.05) is 22.0 Å². The normalized spacial score (nSPS) is 15.9. The Bertz CT molecular complexity index is 621. The van der Waals surface area contributed by atoms with E-state index in [0.29, 0.717) is 4.47 Å². The lowest BCUT2D eigenvalue weighted by molar-refractivity contribution is 0.601. The van der Waals surface area contributed by atoms with Crippen LogP contribution in [0.5, 0.6) is 0 Å². The van der Waals surface area contributed by atoms with Gasteiger partial charge in [0, 0.05) is 16.8 Å². The van der Waals surface area contributed by atoms with Gasteiger partial charge in [-0.25, -0.2) is 17.3 Å². The molecule has 20 heavy (non-hydrogen) atoms. The first-order valence-electron chi connectivity index (χ1n) is 6.10. The van der Waals surface area contributed by atoms with Gasteiger partial charge in [0.2, 0.25) is 0 Å². The molecule has 2 atom stereocenters. The highest BCUT2D eigenvalue weighted by Crippen LogP contribution is 2.27. The van der Waals surface area contributed by atoms with Crippen LogP contribution >= 0.6 is 15.9 Å². The highest BCUT2D eigenvalue weighted by atomic mass is 79.9. The lowest BCUT2D eigenvalue weighted by Gasteiger charge is -2.23. The second kappa shape index (κ2) is 6.25. The average Bonchev–Trinajstić information content (AvgIpc) is 2.25. The van der Waals surface area contributed by atoms with Crippen molar-refractivity contribution in [3.8, 4) is 0 Å². The maximum atomic E-state index is 12.1. The largest absolute Gasteiger partial charge is 0.242 e. The van der Waals surface area contributed by atoms with Crippen LogP contribution in [0.1, 0.15) is 39.3 Å². The molecule has 0 amide bonds. The Labute approximate surface area is 132 Å². The number of rotatable bonds is 4. The molecule has 0 spiro atoms. The maximum absolute atomic E-state index is 12.1. The summed E-state index contributed by atoms with van der Waals surface area (Å²) in [6.07, 6.45) is 1.17. The summed E-state index contributed by atoms with van der Waals surface area (Å²) in [4.78, 5) is 0.261. The average molecular weight is 382 g/mol. The fraction of sp³-hybridized carbons (Fsp3) is 0.538. The lowest BCUT2D eigenvalue weighted by Crippen LogP contribution is -2.34. The first-order chi connectivity index (χ1) is 8.93. The van der Waals surface area contributed by atoms with Crippen LogP contribution in [-0.4, -0.2) is 23.6 Å². The Morgan fingerprint density at radius 3 is 2.25 bits per heavy atom. The molecule has 1 rings (SSSR count). The Balaban J connectivity index is 3.01. The maximum Gasteiger partial charge on any atom is 0.175 e. The van der Waals surface area contributed by atoms with E-state index in [-0.39, 0.29) is 15.7 Å². The SMILES string of the molecule is C[C@@H](N[S@@](=O)C(C)(C)C)c1ccc(S(C)(=O)=O)cc1Br. The summed E-state index contributed by atoms with van der Waals surface area (Å²) in [7, 11) is -4.41. The third-order valence-corrected chi connectivity index (χ3v) is 6.18. The predicted octanol–water partition coefficient (Wildman–Crippen LogP) is 2.97. The summed E-state index contributed by atoms with van der Waals surface area (Å²) in [6.45, 7) is 7.57. The molecule has 0 aromatic heterocycles. The molecule has 0 aliphatic heterocycles. The molecule has 0 heterocycles. The van der Waals surface area contributed by atoms with Crippen LogP contribution in [0.4, 0.5) is 0 Å². The molecule has 0 unspecified atom stereocenters. The third-order valence-electron chi connectivity index (χ3n) is 2.71. The molecule has 1 N–H and O–H groups in total. The monoisotopic (exact) mass is 381 g/mol. The molecule has 7 heteroatoms. The smallest absolute Gasteiger partial charge is 0.175 e. The van der Waals surface area contributed by atoms with E-state index in [4.69, 9.17) is 0 Å². The van der Waals surface area contributed by atoms with Gasteiger partial charge >= 0.3 is 0 Å². The summed E-state index contributed by atoms with van der Waals surface area (Å²) in [6, 6.07) is 4.71. The first-order valence-corrected chi connectivity index (χ1v) is 9.94. The van der Waals surface area contributed by atoms with E-state index in [2.05, 4.69) is 20.7 Å². The van der Waals surface area contributed by atoms with E-state index < -0.39 is 20.8 Å². The summed E-state index contributed by atoms with van der Waals surface area (Å²) in [5.41, 5.74) is 0.870. The molecular weight excluding hydrogens is 362 g/mol. The molecule has 0 fully saturated rings. The minimum Gasteiger partial charge on any atom is -0.242 e. The third kappa shape index (κ3) is 4.65. The first kappa shape index (κ1) is 17.8. The molecular formula is C13H20BrNO3S2. The molecule has 1 aromatic carbocycles. The van der Waals surface area contributed by atoms with Gasteiger partial charge in [0.15, 0.2) is 9.84 Å². The Kier molecular flexibility index (Phi) is 5.57. The zero-order chi connectivity index (χ0) is 15.7. The van der Waals surface area contributed by atoms with Crippen molar-refractivity contribution >= 4 is 36.8 Å². The van der Waals surface area contributed by atoms with Crippen molar-refractivity contribution in [2.75, 3.05) is 6.26 Å². The van der Waals surface area contributed by atoms with Crippen LogP contribution < -0.4 is 4.72 Å². The van der Waals surface area contributed by atoms with Crippen molar-refractivity contribution in [2.45, 2.75) is 43.4 Å². The van der Waals surface area contributed by atoms with E-state index in [1.807, 2.05) is 27.7 Å². The van der Waals surface area contributed by atoms with Crippen molar-refractivity contribution in [1.29, 1.82) is 0 Å². The molecule has 0 saturated heterocycles. The zero-order valence-electron chi connectivity index (χ0n) is 12.2. The van der Waals surface area contributed by atoms with Crippen LogP contribution in [0.2, 0.25) is 0 Å². The van der Waals surface area contributed by atoms with Gasteiger partial charge < -0.3 is 0 Å². The molecule has 0 bridgehead atoms. The van der Waals surface area contributed by atoms with Gasteiger partial charge in [-0.3, -0.25) is 0 Å². The van der Waals surface area contributed by atoms with Crippen LogP contribution in [0.25, 0.3) is 0 Å². The molecule has 0 aliphatic rings. The topological polar surface area (TPSA) is 63.2 Å². The number of hydrogen-bond donors (Lipinski definition) is 1. The van der Waals surface area contributed by atoms with E-state index in [9.17, 15) is 12.6 Å². The van der Waals surface area contributed by atoms with Gasteiger partial charge in [-0.05, 0) is 45.4 Å². The lowest BCUT2D eigenvalue weighted by atomic mass is 10.1. The number of hydrogen-bond acceptors (Lipinski definition) is 3. The van der Waals surface area contributed by atoms with Crippen LogP contribution in [0.3, 0.4) is 0 Å². The zero-order valence-corrected chi connectivity index (χ0v) is 15.4. The summed E-state index contributed by atoms with van der Waals surface area (Å²) in [5.74, 6) is 0. The van der Waals surface area contributed by atoms with Gasteiger partial charge in [0.25, 0.3) is 0 Å². The molecule has 0 saturated carbocycles. The predicted molar refractivity (Wildman–Crippen MR) is 86.7 cm³/mol. The van der Waals surface area contributed by atoms with E-state index in [1.54, 1.807) is 18.2 Å². The second-order valence-corrected chi connectivity index (χ2v) is 10.5. The van der Waals surface area contributed by atoms with Gasteiger partial charge in [-0.2, -0.15) is 0 Å². The number of halogens is 1. The summed E-state index contributed by atoms with van der Waals surface area (Å²) < 4.78 is 38.4. The van der Waals surface area contributed by atoms with Crippen molar-refractivity contribution in [3.63, 3.8) is 0 Å². The molecule has 4 nitrogen and oxygen atoms in total. The quantitative estimate of drug-likeness (QED) is 0.871. The fourth-order valence-electron chi connectivity index (χ4n) is 1.49. The second-order valence-electron chi connectivity index (χ2n) is 5.68. The van der Waals surface area contributed by atoms with E-state index in [1.165, 1.54) is 6.26 Å². The summed E-state index contributed by atoms with van der Waals surface area (Å²) in [5, 5.41) is 0. The van der Waals surface area contributed by atoms with Crippen molar-refractivity contribution in [3.05, 3.63) is 28.2 Å². The standard InChI is InChI=1S/C13H20BrNO3S2/c1-9(15-19(16)13(2,3)4)11-7-6-10(8-12(11)14)20(5,17)18/h6-9,15H,1-5H3/t9-,19+/m1/s1. The number of sulfone groups is 1. The molecule has 0 radical (unpaired) electrons. The molecule has 114 valence electrons. The fourth-order valence-corrected chi connectivity index (χ4v) is 3.81. The number of benzene rings is 1. The molecule has 0 aliphatic carbocycles. The Hall–Kier alpha value is -0.240. The minimum atomic E-state index is -3.22. The van der Waals surface area contributed by atoms with Crippen LogP contribution in [0.15, 0.2) is 27.6 Å². The highest BCUT2D eigenvalue weighted by molar-refractivity contribution is 9.10. The van der Waals surface area contributed by atoms with Crippen molar-refractivity contribution in [1.82, 2.24) is 4.72 Å². The Morgan fingerprint density at radius 2 is 1.85 bits per heavy atom. The van der Waals surface area contributed by atoms with Crippen LogP contribution in [-0.2, 0) is 20.8 Å². The van der Waals surface area contributed by atoms with Gasteiger partial charge in [0.05, 0.1) is 20.6 Å². The van der Waals surface area contributed by atoms with E-state index in [0.717, 1.165) is 5.56 Å². The van der Waals surface area contributed by atoms with Crippen molar-refractivity contribution < 1.29 is 12.6 Å². The van der Waals surface area contributed by atoms with E-state index >= 15 is 0 Å². The molecule has 1 aromatic rings. The Morgan fingerprint density at radius 1 is 1.30 bits per heavy atom. The number of nitrogens with one attached hydrogen (secondary N) is 1. The highest BCUT2D eigenvalue weighted by Gasteiger charge is 2.22.